The summed E-state index contributed by atoms with van der Waals surface area (Å²) in [7, 11) is 0. The first-order valence-corrected chi connectivity index (χ1v) is 6.74. The molecular formula is C14H24O8. The van der Waals surface area contributed by atoms with Gasteiger partial charge in [0.25, 0.3) is 0 Å². The molecule has 2 atom stereocenters. The summed E-state index contributed by atoms with van der Waals surface area (Å²) in [5.41, 5.74) is -0.523. The molecule has 8 nitrogen and oxygen atoms in total. The van der Waals surface area contributed by atoms with E-state index in [0.717, 1.165) is 0 Å². The zero-order valence-electron chi connectivity index (χ0n) is 13.8. The summed E-state index contributed by atoms with van der Waals surface area (Å²) >= 11 is 0. The number of esters is 1. The first-order valence-electron chi connectivity index (χ1n) is 6.74. The summed E-state index contributed by atoms with van der Waals surface area (Å²) in [5.74, 6) is -2.80. The first-order chi connectivity index (χ1) is 9.91. The quantitative estimate of drug-likeness (QED) is 0.227. The van der Waals surface area contributed by atoms with E-state index >= 15 is 0 Å². The molecule has 0 amide bonds. The molecule has 0 heterocycles. The van der Waals surface area contributed by atoms with Crippen molar-refractivity contribution in [2.75, 3.05) is 0 Å². The first kappa shape index (κ1) is 20.4. The molecule has 0 bridgehead atoms. The molecule has 0 aromatic rings. The molecule has 0 saturated heterocycles. The van der Waals surface area contributed by atoms with Crippen molar-refractivity contribution in [3.05, 3.63) is 12.2 Å². The molecule has 128 valence electrons. The van der Waals surface area contributed by atoms with Crippen LogP contribution in [0.25, 0.3) is 0 Å². The van der Waals surface area contributed by atoms with E-state index in [-0.39, 0.29) is 5.57 Å². The van der Waals surface area contributed by atoms with E-state index in [1.54, 1.807) is 13.8 Å². The molecule has 0 aliphatic carbocycles. The zero-order valence-corrected chi connectivity index (χ0v) is 13.8. The van der Waals surface area contributed by atoms with Crippen LogP contribution < -0.4 is 0 Å². The van der Waals surface area contributed by atoms with Gasteiger partial charge in [0.2, 0.25) is 6.29 Å². The number of ether oxygens (including phenoxy) is 3. The zero-order chi connectivity index (χ0) is 17.6. The lowest BCUT2D eigenvalue weighted by Gasteiger charge is -2.32. The summed E-state index contributed by atoms with van der Waals surface area (Å²) in [6.07, 6.45) is -2.20. The van der Waals surface area contributed by atoms with Gasteiger partial charge in [-0.3, -0.25) is 4.74 Å². The molecule has 0 fully saturated rings. The Balaban J connectivity index is 4.84. The molecule has 0 aliphatic rings. The Morgan fingerprint density at radius 3 is 2.18 bits per heavy atom. The SMILES string of the molecule is C=C(C)C(=O)OC(C)OC(C)(OOC(C)(C)CC)OC(=O)O. The van der Waals surface area contributed by atoms with Crippen LogP contribution in [0.5, 0.6) is 0 Å². The third kappa shape index (κ3) is 7.96. The van der Waals surface area contributed by atoms with Gasteiger partial charge in [-0.15, -0.1) is 0 Å². The summed E-state index contributed by atoms with van der Waals surface area (Å²) in [4.78, 5) is 32.3. The van der Waals surface area contributed by atoms with E-state index in [1.807, 2.05) is 6.92 Å². The third-order valence-corrected chi connectivity index (χ3v) is 2.54. The molecule has 0 saturated carbocycles. The van der Waals surface area contributed by atoms with Crippen LogP contribution in [0.15, 0.2) is 12.2 Å². The highest BCUT2D eigenvalue weighted by molar-refractivity contribution is 5.86. The highest BCUT2D eigenvalue weighted by atomic mass is 17.3. The normalized spacial score (nSPS) is 15.5. The van der Waals surface area contributed by atoms with Crippen molar-refractivity contribution >= 4 is 12.1 Å². The molecule has 0 spiro atoms. The molecule has 0 aromatic carbocycles. The van der Waals surface area contributed by atoms with Crippen molar-refractivity contribution < 1.29 is 38.7 Å². The van der Waals surface area contributed by atoms with Gasteiger partial charge in [0, 0.05) is 12.5 Å². The van der Waals surface area contributed by atoms with Crippen LogP contribution in [0.3, 0.4) is 0 Å². The van der Waals surface area contributed by atoms with Crippen LogP contribution in [-0.4, -0.2) is 35.1 Å². The highest BCUT2D eigenvalue weighted by Crippen LogP contribution is 2.23. The van der Waals surface area contributed by atoms with Gasteiger partial charge in [-0.05, 0) is 34.1 Å². The lowest BCUT2D eigenvalue weighted by atomic mass is 10.1. The van der Waals surface area contributed by atoms with Gasteiger partial charge in [0.05, 0.1) is 5.60 Å². The fourth-order valence-electron chi connectivity index (χ4n) is 1.04. The second-order valence-electron chi connectivity index (χ2n) is 5.38. The number of hydrogen-bond donors (Lipinski definition) is 1. The number of carbonyl (C=O) groups excluding carboxylic acids is 1. The van der Waals surface area contributed by atoms with Crippen molar-refractivity contribution in [3.63, 3.8) is 0 Å². The van der Waals surface area contributed by atoms with E-state index in [1.165, 1.54) is 20.8 Å². The molecule has 0 aromatic heterocycles. The molecule has 1 N–H and O–H groups in total. The van der Waals surface area contributed by atoms with Crippen LogP contribution in [0, 0.1) is 0 Å². The second kappa shape index (κ2) is 8.11. The molecule has 2 unspecified atom stereocenters. The van der Waals surface area contributed by atoms with E-state index in [0.29, 0.717) is 6.42 Å². The van der Waals surface area contributed by atoms with Gasteiger partial charge in [0.1, 0.15) is 0 Å². The smallest absolute Gasteiger partial charge is 0.450 e. The standard InChI is InChI=1S/C14H24O8/c1-8-13(5,6)21-22-14(7,20-12(16)17)19-10(4)18-11(15)9(2)3/h10H,2,8H2,1,3-7H3,(H,16,17). The Labute approximate surface area is 129 Å². The lowest BCUT2D eigenvalue weighted by Crippen LogP contribution is -2.43. The van der Waals surface area contributed by atoms with Crippen molar-refractivity contribution in [2.45, 2.75) is 65.8 Å². The molecule has 8 heteroatoms. The Morgan fingerprint density at radius 1 is 1.23 bits per heavy atom. The summed E-state index contributed by atoms with van der Waals surface area (Å²) in [5, 5.41) is 8.76. The maximum Gasteiger partial charge on any atom is 0.510 e. The van der Waals surface area contributed by atoms with Gasteiger partial charge < -0.3 is 14.6 Å². The van der Waals surface area contributed by atoms with Gasteiger partial charge in [-0.1, -0.05) is 13.5 Å². The average molecular weight is 320 g/mol. The van der Waals surface area contributed by atoms with Crippen LogP contribution in [-0.2, 0) is 28.8 Å². The van der Waals surface area contributed by atoms with Gasteiger partial charge in [-0.2, -0.15) is 4.89 Å². The van der Waals surface area contributed by atoms with Crippen molar-refractivity contribution in [1.29, 1.82) is 0 Å². The fourth-order valence-corrected chi connectivity index (χ4v) is 1.04. The molecule has 0 aliphatic heterocycles. The highest BCUT2D eigenvalue weighted by Gasteiger charge is 2.38. The van der Waals surface area contributed by atoms with Crippen LogP contribution in [0.4, 0.5) is 4.79 Å². The minimum Gasteiger partial charge on any atom is -0.450 e. The Kier molecular flexibility index (Phi) is 7.51. The second-order valence-corrected chi connectivity index (χ2v) is 5.38. The minimum absolute atomic E-state index is 0.167. The largest absolute Gasteiger partial charge is 0.510 e. The monoisotopic (exact) mass is 320 g/mol. The number of carboxylic acid groups (broad SMARTS) is 1. The lowest BCUT2D eigenvalue weighted by molar-refractivity contribution is -0.524. The minimum atomic E-state index is -2.10. The van der Waals surface area contributed by atoms with Crippen LogP contribution in [0.2, 0.25) is 0 Å². The van der Waals surface area contributed by atoms with Crippen molar-refractivity contribution in [3.8, 4) is 0 Å². The summed E-state index contributed by atoms with van der Waals surface area (Å²) in [6, 6.07) is 0. The van der Waals surface area contributed by atoms with Gasteiger partial charge >= 0.3 is 18.1 Å². The fraction of sp³-hybridized carbons (Fsp3) is 0.714. The Hall–Kier alpha value is -1.64. The number of carbonyl (C=O) groups is 2. The van der Waals surface area contributed by atoms with Crippen molar-refractivity contribution in [2.24, 2.45) is 0 Å². The van der Waals surface area contributed by atoms with E-state index in [4.69, 9.17) is 24.4 Å². The summed E-state index contributed by atoms with van der Waals surface area (Å²) in [6.45, 7) is 12.8. The van der Waals surface area contributed by atoms with Gasteiger partial charge in [-0.25, -0.2) is 14.5 Å². The Morgan fingerprint density at radius 2 is 1.77 bits per heavy atom. The molecule has 0 radical (unpaired) electrons. The molecule has 0 rings (SSSR count). The van der Waals surface area contributed by atoms with Gasteiger partial charge in [0.15, 0.2) is 0 Å². The molecular weight excluding hydrogens is 296 g/mol. The van der Waals surface area contributed by atoms with E-state index < -0.39 is 30.0 Å². The van der Waals surface area contributed by atoms with Crippen LogP contribution >= 0.6 is 0 Å². The maximum absolute atomic E-state index is 11.4. The van der Waals surface area contributed by atoms with E-state index in [9.17, 15) is 9.59 Å². The summed E-state index contributed by atoms with van der Waals surface area (Å²) < 4.78 is 14.6. The number of rotatable bonds is 9. The topological polar surface area (TPSA) is 101 Å². The predicted molar refractivity (Wildman–Crippen MR) is 75.5 cm³/mol. The average Bonchev–Trinajstić information content (AvgIpc) is 2.35. The predicted octanol–water partition coefficient (Wildman–Crippen LogP) is 2.97. The van der Waals surface area contributed by atoms with Crippen LogP contribution in [0.1, 0.15) is 48.0 Å². The molecule has 22 heavy (non-hydrogen) atoms. The number of hydrogen-bond acceptors (Lipinski definition) is 7. The van der Waals surface area contributed by atoms with E-state index in [2.05, 4.69) is 11.3 Å². The third-order valence-electron chi connectivity index (χ3n) is 2.54. The Bertz CT molecular complexity index is 417. The maximum atomic E-state index is 11.4. The van der Waals surface area contributed by atoms with Crippen molar-refractivity contribution in [1.82, 2.24) is 0 Å².